The van der Waals surface area contributed by atoms with Crippen molar-refractivity contribution in [1.29, 1.82) is 0 Å². The molecule has 1 aromatic rings. The van der Waals surface area contributed by atoms with Crippen LogP contribution in [0.2, 0.25) is 5.02 Å². The minimum absolute atomic E-state index is 0.182. The summed E-state index contributed by atoms with van der Waals surface area (Å²) < 4.78 is 35.3. The highest BCUT2D eigenvalue weighted by Gasteiger charge is 2.18. The molecule has 14 heavy (non-hydrogen) atoms. The normalized spacial score (nSPS) is 12.4. The molecule has 0 saturated carbocycles. The minimum Gasteiger partial charge on any atom is -0.274 e. The molecule has 0 unspecified atom stereocenters. The summed E-state index contributed by atoms with van der Waals surface area (Å²) >= 11 is 5.71. The van der Waals surface area contributed by atoms with E-state index in [0.717, 1.165) is 7.05 Å². The van der Waals surface area contributed by atoms with Gasteiger partial charge in [0.05, 0.1) is 17.3 Å². The fourth-order valence-corrected chi connectivity index (χ4v) is 1.42. The van der Waals surface area contributed by atoms with Crippen molar-refractivity contribution in [3.63, 3.8) is 0 Å². The van der Waals surface area contributed by atoms with Gasteiger partial charge in [0, 0.05) is 20.3 Å². The van der Waals surface area contributed by atoms with Crippen LogP contribution in [0.4, 0.5) is 3.89 Å². The maximum absolute atomic E-state index is 12.4. The first-order valence-corrected chi connectivity index (χ1v) is 5.36. The van der Waals surface area contributed by atoms with Gasteiger partial charge < -0.3 is 0 Å². The fourth-order valence-electron chi connectivity index (χ4n) is 0.901. The molecule has 0 aliphatic rings. The van der Waals surface area contributed by atoms with Gasteiger partial charge in [0.15, 0.2) is 0 Å². The minimum atomic E-state index is -4.68. The molecule has 0 aliphatic carbocycles. The molecule has 80 valence electrons. The lowest BCUT2D eigenvalue weighted by Crippen LogP contribution is -2.22. The molecule has 0 saturated heterocycles. The quantitative estimate of drug-likeness (QED) is 0.733. The molecule has 0 radical (unpaired) electrons. The first kappa shape index (κ1) is 11.4. The van der Waals surface area contributed by atoms with E-state index in [1.54, 1.807) is 7.05 Å². The number of halogens is 2. The Labute approximate surface area is 86.4 Å². The van der Waals surface area contributed by atoms with E-state index in [1.807, 2.05) is 0 Å². The van der Waals surface area contributed by atoms with E-state index < -0.39 is 10.4 Å². The Morgan fingerprint density at radius 3 is 2.64 bits per heavy atom. The lowest BCUT2D eigenvalue weighted by molar-refractivity contribution is 0.424. The molecule has 0 N–H and O–H groups in total. The van der Waals surface area contributed by atoms with Crippen molar-refractivity contribution in [2.45, 2.75) is 6.54 Å². The number of nitrogens with zero attached hydrogens (tertiary/aromatic N) is 3. The third-order valence-corrected chi connectivity index (χ3v) is 2.79. The maximum atomic E-state index is 12.4. The van der Waals surface area contributed by atoms with Gasteiger partial charge in [-0.25, -0.2) is 0 Å². The molecule has 0 fully saturated rings. The Bertz CT molecular complexity index is 430. The van der Waals surface area contributed by atoms with Crippen LogP contribution in [0.3, 0.4) is 0 Å². The smallest absolute Gasteiger partial charge is 0.274 e. The van der Waals surface area contributed by atoms with Crippen LogP contribution in [0.5, 0.6) is 0 Å². The van der Waals surface area contributed by atoms with E-state index in [4.69, 9.17) is 11.6 Å². The van der Waals surface area contributed by atoms with Gasteiger partial charge in [-0.2, -0.15) is 17.8 Å². The molecular formula is C6H9ClFN3O2S. The van der Waals surface area contributed by atoms with E-state index in [-0.39, 0.29) is 6.54 Å². The number of hydrogen-bond acceptors (Lipinski definition) is 3. The topological polar surface area (TPSA) is 55.2 Å². The van der Waals surface area contributed by atoms with Crippen LogP contribution < -0.4 is 0 Å². The Balaban J connectivity index is 2.85. The molecule has 1 heterocycles. The summed E-state index contributed by atoms with van der Waals surface area (Å²) in [6, 6.07) is 0. The zero-order valence-electron chi connectivity index (χ0n) is 7.61. The maximum Gasteiger partial charge on any atom is 0.374 e. The van der Waals surface area contributed by atoms with Crippen molar-refractivity contribution in [1.82, 2.24) is 14.1 Å². The lowest BCUT2D eigenvalue weighted by Gasteiger charge is -2.08. The average Bonchev–Trinajstić information content (AvgIpc) is 2.28. The van der Waals surface area contributed by atoms with Gasteiger partial charge in [-0.3, -0.25) is 4.68 Å². The third kappa shape index (κ3) is 2.66. The molecule has 0 bridgehead atoms. The number of aryl methyl sites for hydroxylation is 1. The highest BCUT2D eigenvalue weighted by molar-refractivity contribution is 7.83. The highest BCUT2D eigenvalue weighted by atomic mass is 35.5. The summed E-state index contributed by atoms with van der Waals surface area (Å²) in [5.74, 6) is 0. The Kier molecular flexibility index (Phi) is 3.13. The van der Waals surface area contributed by atoms with E-state index >= 15 is 0 Å². The lowest BCUT2D eigenvalue weighted by atomic mass is 10.4. The van der Waals surface area contributed by atoms with Crippen LogP contribution in [0.15, 0.2) is 6.20 Å². The predicted molar refractivity (Wildman–Crippen MR) is 49.7 cm³/mol. The van der Waals surface area contributed by atoms with E-state index in [9.17, 15) is 12.3 Å². The highest BCUT2D eigenvalue weighted by Crippen LogP contribution is 2.16. The van der Waals surface area contributed by atoms with Crippen molar-refractivity contribution in [2.24, 2.45) is 7.05 Å². The third-order valence-electron chi connectivity index (χ3n) is 1.60. The molecule has 0 aliphatic heterocycles. The largest absolute Gasteiger partial charge is 0.374 e. The standard InChI is InChI=1S/C6H9ClFN3O2S/c1-10-3-5(7)6(9-10)4-11(2)14(8,12)13/h3H,4H2,1-2H3. The van der Waals surface area contributed by atoms with Crippen LogP contribution >= 0.6 is 11.6 Å². The van der Waals surface area contributed by atoms with Gasteiger partial charge in [-0.1, -0.05) is 15.5 Å². The predicted octanol–water partition coefficient (Wildman–Crippen LogP) is 0.720. The van der Waals surface area contributed by atoms with Crippen molar-refractivity contribution in [3.8, 4) is 0 Å². The SMILES string of the molecule is CN(Cc1nn(C)cc1Cl)S(=O)(=O)F. The van der Waals surface area contributed by atoms with Crippen molar-refractivity contribution in [3.05, 3.63) is 16.9 Å². The van der Waals surface area contributed by atoms with Gasteiger partial charge >= 0.3 is 10.4 Å². The van der Waals surface area contributed by atoms with Gasteiger partial charge in [0.2, 0.25) is 0 Å². The summed E-state index contributed by atoms with van der Waals surface area (Å²) in [6.07, 6.45) is 1.51. The van der Waals surface area contributed by atoms with Crippen molar-refractivity contribution < 1.29 is 12.3 Å². The molecule has 8 heteroatoms. The zero-order valence-corrected chi connectivity index (χ0v) is 9.18. The summed E-state index contributed by atoms with van der Waals surface area (Å²) in [5.41, 5.74) is 0.317. The van der Waals surface area contributed by atoms with Crippen LogP contribution in [-0.4, -0.2) is 29.6 Å². The van der Waals surface area contributed by atoms with Gasteiger partial charge in [0.1, 0.15) is 0 Å². The van der Waals surface area contributed by atoms with Crippen LogP contribution in [0.1, 0.15) is 5.69 Å². The van der Waals surface area contributed by atoms with Gasteiger partial charge in [-0.05, 0) is 0 Å². The molecule has 0 atom stereocenters. The summed E-state index contributed by atoms with van der Waals surface area (Å²) in [4.78, 5) is 0. The molecule has 1 aromatic heterocycles. The van der Waals surface area contributed by atoms with E-state index in [0.29, 0.717) is 15.0 Å². The average molecular weight is 242 g/mol. The summed E-state index contributed by atoms with van der Waals surface area (Å²) in [5, 5.41) is 4.18. The van der Waals surface area contributed by atoms with Crippen molar-refractivity contribution >= 4 is 22.0 Å². The first-order chi connectivity index (χ1) is 6.30. The van der Waals surface area contributed by atoms with Crippen LogP contribution in [0, 0.1) is 0 Å². The Hall–Kier alpha value is -0.660. The first-order valence-electron chi connectivity index (χ1n) is 3.64. The molecular weight excluding hydrogens is 233 g/mol. The second-order valence-electron chi connectivity index (χ2n) is 2.80. The molecule has 1 rings (SSSR count). The fraction of sp³-hybridized carbons (Fsp3) is 0.500. The Morgan fingerprint density at radius 1 is 1.71 bits per heavy atom. The molecule has 0 amide bonds. The molecule has 0 spiro atoms. The van der Waals surface area contributed by atoms with Crippen molar-refractivity contribution in [2.75, 3.05) is 7.05 Å². The number of rotatable bonds is 3. The molecule has 5 nitrogen and oxygen atoms in total. The number of hydrogen-bond donors (Lipinski definition) is 0. The van der Waals surface area contributed by atoms with E-state index in [2.05, 4.69) is 5.10 Å². The second-order valence-corrected chi connectivity index (χ2v) is 4.65. The Morgan fingerprint density at radius 2 is 2.29 bits per heavy atom. The van der Waals surface area contributed by atoms with Gasteiger partial charge in [-0.15, -0.1) is 0 Å². The zero-order chi connectivity index (χ0) is 10.9. The van der Waals surface area contributed by atoms with Crippen LogP contribution in [0.25, 0.3) is 0 Å². The second kappa shape index (κ2) is 3.84. The summed E-state index contributed by atoms with van der Waals surface area (Å²) in [7, 11) is -1.93. The molecule has 0 aromatic carbocycles. The summed E-state index contributed by atoms with van der Waals surface area (Å²) in [6.45, 7) is -0.182. The number of aromatic nitrogens is 2. The monoisotopic (exact) mass is 241 g/mol. The van der Waals surface area contributed by atoms with E-state index in [1.165, 1.54) is 10.9 Å². The van der Waals surface area contributed by atoms with Crippen LogP contribution in [-0.2, 0) is 24.0 Å². The van der Waals surface area contributed by atoms with Gasteiger partial charge in [0.25, 0.3) is 0 Å².